The molecule has 0 N–H and O–H groups in total. The molecule has 3 rings (SSSR count). The van der Waals surface area contributed by atoms with E-state index in [1.165, 1.54) is 0 Å². The molecule has 0 aliphatic carbocycles. The van der Waals surface area contributed by atoms with Crippen molar-refractivity contribution in [2.24, 2.45) is 0 Å². The summed E-state index contributed by atoms with van der Waals surface area (Å²) in [5, 5.41) is 4.45. The Morgan fingerprint density at radius 3 is 2.62 bits per heavy atom. The highest BCUT2D eigenvalue weighted by Gasteiger charge is 2.28. The van der Waals surface area contributed by atoms with E-state index in [-0.39, 0.29) is 5.91 Å². The molecular weight excluding hydrogens is 392 g/mol. The van der Waals surface area contributed by atoms with Crippen LogP contribution in [-0.2, 0) is 0 Å². The van der Waals surface area contributed by atoms with E-state index in [9.17, 15) is 4.79 Å². The zero-order chi connectivity index (χ0) is 18.8. The molecule has 1 aliphatic rings. The maximum absolute atomic E-state index is 13.0. The number of likely N-dealkylation sites (tertiary alicyclic amines) is 1. The predicted octanol–water partition coefficient (Wildman–Crippen LogP) is 3.89. The van der Waals surface area contributed by atoms with E-state index >= 15 is 0 Å². The third-order valence-electron chi connectivity index (χ3n) is 5.39. The maximum Gasteiger partial charge on any atom is 0.257 e. The van der Waals surface area contributed by atoms with Crippen LogP contribution in [-0.4, -0.2) is 57.7 Å². The van der Waals surface area contributed by atoms with Crippen LogP contribution in [0, 0.1) is 6.92 Å². The maximum atomic E-state index is 13.0. The van der Waals surface area contributed by atoms with Gasteiger partial charge in [0.05, 0.1) is 23.1 Å². The van der Waals surface area contributed by atoms with Crippen LogP contribution in [0.25, 0.3) is 5.69 Å². The van der Waals surface area contributed by atoms with E-state index in [1.807, 2.05) is 47.8 Å². The molecule has 1 saturated heterocycles. The van der Waals surface area contributed by atoms with Crippen molar-refractivity contribution in [2.45, 2.75) is 45.7 Å². The number of benzene rings is 1. The van der Waals surface area contributed by atoms with Crippen LogP contribution >= 0.6 is 15.9 Å². The van der Waals surface area contributed by atoms with E-state index < -0.39 is 0 Å². The van der Waals surface area contributed by atoms with Crippen molar-refractivity contribution in [2.75, 3.05) is 20.1 Å². The molecule has 6 heteroatoms. The SMILES string of the molecule is Cc1c(C(=O)N(C)C2CCN(C(C)C)CC2)cnn1-c1cccc(Br)c1. The average Bonchev–Trinajstić information content (AvgIpc) is 3.02. The first-order chi connectivity index (χ1) is 12.4. The Morgan fingerprint density at radius 2 is 2.00 bits per heavy atom. The number of piperidine rings is 1. The van der Waals surface area contributed by atoms with Gasteiger partial charge in [-0.05, 0) is 51.8 Å². The third kappa shape index (κ3) is 3.86. The lowest BCUT2D eigenvalue weighted by molar-refractivity contribution is 0.0614. The highest BCUT2D eigenvalue weighted by molar-refractivity contribution is 9.10. The molecule has 1 aromatic carbocycles. The van der Waals surface area contributed by atoms with Crippen LogP contribution in [0.15, 0.2) is 34.9 Å². The first-order valence-corrected chi connectivity index (χ1v) is 9.99. The van der Waals surface area contributed by atoms with Crippen molar-refractivity contribution in [3.8, 4) is 5.69 Å². The minimum Gasteiger partial charge on any atom is -0.339 e. The molecular formula is C20H27BrN4O. The van der Waals surface area contributed by atoms with E-state index in [1.54, 1.807) is 6.20 Å². The van der Waals surface area contributed by atoms with Crippen LogP contribution in [0.2, 0.25) is 0 Å². The van der Waals surface area contributed by atoms with Gasteiger partial charge in [0, 0.05) is 36.7 Å². The molecule has 1 aliphatic heterocycles. The number of carbonyl (C=O) groups is 1. The van der Waals surface area contributed by atoms with Crippen molar-refractivity contribution in [3.05, 3.63) is 46.2 Å². The summed E-state index contributed by atoms with van der Waals surface area (Å²) >= 11 is 3.49. The second-order valence-corrected chi connectivity index (χ2v) is 8.23. The summed E-state index contributed by atoms with van der Waals surface area (Å²) < 4.78 is 2.82. The fourth-order valence-corrected chi connectivity index (χ4v) is 4.02. The summed E-state index contributed by atoms with van der Waals surface area (Å²) in [4.78, 5) is 17.4. The molecule has 0 radical (unpaired) electrons. The van der Waals surface area contributed by atoms with Gasteiger partial charge in [-0.3, -0.25) is 4.79 Å². The average molecular weight is 419 g/mol. The molecule has 2 heterocycles. The van der Waals surface area contributed by atoms with Gasteiger partial charge in [0.25, 0.3) is 5.91 Å². The largest absolute Gasteiger partial charge is 0.339 e. The van der Waals surface area contributed by atoms with Gasteiger partial charge < -0.3 is 9.80 Å². The van der Waals surface area contributed by atoms with Crippen molar-refractivity contribution in [1.29, 1.82) is 0 Å². The lowest BCUT2D eigenvalue weighted by atomic mass is 10.0. The zero-order valence-electron chi connectivity index (χ0n) is 15.9. The van der Waals surface area contributed by atoms with Gasteiger partial charge in [0.2, 0.25) is 0 Å². The molecule has 0 saturated carbocycles. The summed E-state index contributed by atoms with van der Waals surface area (Å²) in [6.45, 7) is 8.52. The van der Waals surface area contributed by atoms with Crippen LogP contribution in [0.4, 0.5) is 0 Å². The molecule has 1 aromatic heterocycles. The number of amides is 1. The summed E-state index contributed by atoms with van der Waals surface area (Å²) in [5.74, 6) is 0.0618. The van der Waals surface area contributed by atoms with Gasteiger partial charge in [0.1, 0.15) is 0 Å². The van der Waals surface area contributed by atoms with E-state index in [0.29, 0.717) is 17.6 Å². The second-order valence-electron chi connectivity index (χ2n) is 7.31. The zero-order valence-corrected chi connectivity index (χ0v) is 17.5. The first-order valence-electron chi connectivity index (χ1n) is 9.20. The summed E-state index contributed by atoms with van der Waals surface area (Å²) in [6.07, 6.45) is 3.75. The standard InChI is InChI=1S/C20H27BrN4O/c1-14(2)24-10-8-17(9-11-24)23(4)20(26)19-13-22-25(15(19)3)18-7-5-6-16(21)12-18/h5-7,12-14,17H,8-11H2,1-4H3. The Hall–Kier alpha value is -1.66. The third-order valence-corrected chi connectivity index (χ3v) is 5.88. The second kappa shape index (κ2) is 7.92. The molecule has 0 atom stereocenters. The smallest absolute Gasteiger partial charge is 0.257 e. The summed E-state index contributed by atoms with van der Waals surface area (Å²) in [5.41, 5.74) is 2.50. The van der Waals surface area contributed by atoms with Crippen molar-refractivity contribution in [1.82, 2.24) is 19.6 Å². The van der Waals surface area contributed by atoms with Crippen LogP contribution in [0.1, 0.15) is 42.7 Å². The molecule has 5 nitrogen and oxygen atoms in total. The fraction of sp³-hybridized carbons (Fsp3) is 0.500. The lowest BCUT2D eigenvalue weighted by Crippen LogP contribution is -2.47. The monoisotopic (exact) mass is 418 g/mol. The number of rotatable bonds is 4. The number of hydrogen-bond donors (Lipinski definition) is 0. The van der Waals surface area contributed by atoms with E-state index in [0.717, 1.165) is 41.8 Å². The Morgan fingerprint density at radius 1 is 1.31 bits per heavy atom. The Kier molecular flexibility index (Phi) is 5.82. The highest BCUT2D eigenvalue weighted by Crippen LogP contribution is 2.22. The molecule has 2 aromatic rings. The van der Waals surface area contributed by atoms with Gasteiger partial charge in [-0.1, -0.05) is 22.0 Å². The topological polar surface area (TPSA) is 41.4 Å². The van der Waals surface area contributed by atoms with Crippen LogP contribution < -0.4 is 0 Å². The number of carbonyl (C=O) groups excluding carboxylic acids is 1. The molecule has 0 spiro atoms. The first kappa shape index (κ1) is 19.1. The number of halogens is 1. The van der Waals surface area contributed by atoms with Crippen molar-refractivity contribution >= 4 is 21.8 Å². The fourth-order valence-electron chi connectivity index (χ4n) is 3.63. The van der Waals surface area contributed by atoms with Gasteiger partial charge in [-0.15, -0.1) is 0 Å². The lowest BCUT2D eigenvalue weighted by Gasteiger charge is -2.38. The minimum atomic E-state index is 0.0618. The van der Waals surface area contributed by atoms with Gasteiger partial charge in [-0.2, -0.15) is 5.10 Å². The summed E-state index contributed by atoms with van der Waals surface area (Å²) in [7, 11) is 1.92. The Labute approximate surface area is 164 Å². The predicted molar refractivity (Wildman–Crippen MR) is 108 cm³/mol. The molecule has 1 amide bonds. The van der Waals surface area contributed by atoms with E-state index in [4.69, 9.17) is 0 Å². The van der Waals surface area contributed by atoms with Gasteiger partial charge in [-0.25, -0.2) is 4.68 Å². The minimum absolute atomic E-state index is 0.0618. The van der Waals surface area contributed by atoms with Crippen LogP contribution in [0.5, 0.6) is 0 Å². The van der Waals surface area contributed by atoms with Gasteiger partial charge in [0.15, 0.2) is 0 Å². The molecule has 26 heavy (non-hydrogen) atoms. The normalized spacial score (nSPS) is 16.2. The quantitative estimate of drug-likeness (QED) is 0.755. The molecule has 0 unspecified atom stereocenters. The molecule has 140 valence electrons. The molecule has 0 bridgehead atoms. The number of aromatic nitrogens is 2. The summed E-state index contributed by atoms with van der Waals surface area (Å²) in [6, 6.07) is 8.81. The molecule has 1 fully saturated rings. The number of nitrogens with zero attached hydrogens (tertiary/aromatic N) is 4. The Balaban J connectivity index is 1.74. The van der Waals surface area contributed by atoms with Crippen LogP contribution in [0.3, 0.4) is 0 Å². The number of hydrogen-bond acceptors (Lipinski definition) is 3. The van der Waals surface area contributed by atoms with E-state index in [2.05, 4.69) is 39.8 Å². The van der Waals surface area contributed by atoms with Gasteiger partial charge >= 0.3 is 0 Å². The van der Waals surface area contributed by atoms with Crippen molar-refractivity contribution in [3.63, 3.8) is 0 Å². The highest BCUT2D eigenvalue weighted by atomic mass is 79.9. The van der Waals surface area contributed by atoms with Crippen molar-refractivity contribution < 1.29 is 4.79 Å². The Bertz CT molecular complexity index is 778.